The quantitative estimate of drug-likeness (QED) is 0.777. The normalized spacial score (nSPS) is 21.7. The molecule has 3 heteroatoms. The molecule has 1 N–H and O–H groups in total. The van der Waals surface area contributed by atoms with Gasteiger partial charge in [-0.15, -0.1) is 0 Å². The molecule has 78 valence electrons. The van der Waals surface area contributed by atoms with Crippen LogP contribution in [0.1, 0.15) is 44.2 Å². The largest absolute Gasteiger partial charge is 0.333 e. The van der Waals surface area contributed by atoms with Gasteiger partial charge in [0.25, 0.3) is 0 Å². The Balaban J connectivity index is 2.32. The second-order valence-electron chi connectivity index (χ2n) is 3.91. The van der Waals surface area contributed by atoms with Gasteiger partial charge < -0.3 is 9.88 Å². The van der Waals surface area contributed by atoms with Crippen LogP contribution in [0.3, 0.4) is 0 Å². The second-order valence-corrected chi connectivity index (χ2v) is 3.91. The maximum atomic E-state index is 4.68. The molecule has 1 aromatic heterocycles. The first-order chi connectivity index (χ1) is 6.85. The van der Waals surface area contributed by atoms with Crippen molar-refractivity contribution in [2.45, 2.75) is 45.7 Å². The number of nitrogens with one attached hydrogen (secondary N) is 1. The van der Waals surface area contributed by atoms with E-state index in [1.54, 1.807) is 0 Å². The third kappa shape index (κ3) is 1.69. The zero-order valence-electron chi connectivity index (χ0n) is 9.08. The molecule has 2 rings (SSSR count). The van der Waals surface area contributed by atoms with Crippen LogP contribution in [-0.2, 0) is 13.0 Å². The van der Waals surface area contributed by atoms with E-state index < -0.39 is 0 Å². The van der Waals surface area contributed by atoms with E-state index in [9.17, 15) is 0 Å². The van der Waals surface area contributed by atoms with Crippen LogP contribution < -0.4 is 5.32 Å². The zero-order valence-corrected chi connectivity index (χ0v) is 9.08. The molecule has 0 amide bonds. The lowest BCUT2D eigenvalue weighted by atomic mass is 10.2. The molecule has 0 aromatic carbocycles. The molecule has 0 aliphatic carbocycles. The van der Waals surface area contributed by atoms with Crippen molar-refractivity contribution in [3.63, 3.8) is 0 Å². The van der Waals surface area contributed by atoms with Crippen molar-refractivity contribution < 1.29 is 0 Å². The van der Waals surface area contributed by atoms with Crippen molar-refractivity contribution in [1.82, 2.24) is 14.9 Å². The minimum Gasteiger partial charge on any atom is -0.333 e. The van der Waals surface area contributed by atoms with E-state index in [0.717, 1.165) is 25.9 Å². The molecule has 1 aromatic rings. The van der Waals surface area contributed by atoms with Gasteiger partial charge in [-0.2, -0.15) is 0 Å². The van der Waals surface area contributed by atoms with Crippen LogP contribution in [0.25, 0.3) is 0 Å². The maximum absolute atomic E-state index is 4.68. The summed E-state index contributed by atoms with van der Waals surface area (Å²) in [5.41, 5.74) is 1.22. The first-order valence-electron chi connectivity index (χ1n) is 5.64. The Labute approximate surface area is 85.5 Å². The summed E-state index contributed by atoms with van der Waals surface area (Å²) in [5.74, 6) is 1.24. The molecule has 0 saturated heterocycles. The Bertz CT molecular complexity index is 303. The van der Waals surface area contributed by atoms with E-state index in [0.29, 0.717) is 6.04 Å². The monoisotopic (exact) mass is 193 g/mol. The van der Waals surface area contributed by atoms with E-state index in [-0.39, 0.29) is 0 Å². The average molecular weight is 193 g/mol. The molecular formula is C11H19N3. The first kappa shape index (κ1) is 9.71. The number of aryl methyl sites for hydroxylation is 2. The van der Waals surface area contributed by atoms with Crippen molar-refractivity contribution in [3.05, 3.63) is 17.7 Å². The molecule has 2 heterocycles. The highest BCUT2D eigenvalue weighted by Crippen LogP contribution is 2.19. The Kier molecular flexibility index (Phi) is 2.87. The van der Waals surface area contributed by atoms with E-state index in [2.05, 4.69) is 34.9 Å². The maximum Gasteiger partial charge on any atom is 0.126 e. The molecular weight excluding hydrogens is 174 g/mol. The summed E-state index contributed by atoms with van der Waals surface area (Å²) < 4.78 is 2.33. The summed E-state index contributed by atoms with van der Waals surface area (Å²) in [4.78, 5) is 4.68. The van der Waals surface area contributed by atoms with Gasteiger partial charge in [0, 0.05) is 12.7 Å². The third-order valence-corrected chi connectivity index (χ3v) is 2.91. The van der Waals surface area contributed by atoms with Crippen LogP contribution in [0, 0.1) is 0 Å². The lowest BCUT2D eigenvalue weighted by Crippen LogP contribution is -2.21. The molecule has 0 saturated carbocycles. The first-order valence-corrected chi connectivity index (χ1v) is 5.64. The summed E-state index contributed by atoms with van der Waals surface area (Å²) in [7, 11) is 0. The minimum atomic E-state index is 0.456. The van der Waals surface area contributed by atoms with Gasteiger partial charge >= 0.3 is 0 Å². The molecule has 0 fully saturated rings. The summed E-state index contributed by atoms with van der Waals surface area (Å²) in [5, 5.41) is 3.54. The predicted molar refractivity (Wildman–Crippen MR) is 57.3 cm³/mol. The molecule has 3 nitrogen and oxygen atoms in total. The second kappa shape index (κ2) is 4.13. The SMILES string of the molecule is CCc1cn2c(n1)[C@H](CC)NCCC2. The van der Waals surface area contributed by atoms with Crippen molar-refractivity contribution in [1.29, 1.82) is 0 Å². The van der Waals surface area contributed by atoms with E-state index in [1.165, 1.54) is 17.9 Å². The van der Waals surface area contributed by atoms with E-state index >= 15 is 0 Å². The van der Waals surface area contributed by atoms with Crippen molar-refractivity contribution in [3.8, 4) is 0 Å². The average Bonchev–Trinajstić information content (AvgIpc) is 2.53. The Morgan fingerprint density at radius 1 is 1.57 bits per heavy atom. The van der Waals surface area contributed by atoms with Gasteiger partial charge in [0.2, 0.25) is 0 Å². The zero-order chi connectivity index (χ0) is 9.97. The Morgan fingerprint density at radius 3 is 3.14 bits per heavy atom. The fraction of sp³-hybridized carbons (Fsp3) is 0.727. The highest BCUT2D eigenvalue weighted by atomic mass is 15.1. The lowest BCUT2D eigenvalue weighted by molar-refractivity contribution is 0.513. The number of hydrogen-bond acceptors (Lipinski definition) is 2. The van der Waals surface area contributed by atoms with Gasteiger partial charge in [-0.1, -0.05) is 13.8 Å². The van der Waals surface area contributed by atoms with Crippen molar-refractivity contribution >= 4 is 0 Å². The van der Waals surface area contributed by atoms with Crippen LogP contribution in [-0.4, -0.2) is 16.1 Å². The summed E-state index contributed by atoms with van der Waals surface area (Å²) >= 11 is 0. The van der Waals surface area contributed by atoms with Crippen LogP contribution >= 0.6 is 0 Å². The third-order valence-electron chi connectivity index (χ3n) is 2.91. The van der Waals surface area contributed by atoms with Gasteiger partial charge in [-0.25, -0.2) is 4.98 Å². The molecule has 1 aliphatic rings. The number of rotatable bonds is 2. The number of imidazole rings is 1. The molecule has 0 unspecified atom stereocenters. The lowest BCUT2D eigenvalue weighted by Gasteiger charge is -2.12. The molecule has 0 bridgehead atoms. The van der Waals surface area contributed by atoms with E-state index in [1.807, 2.05) is 0 Å². The topological polar surface area (TPSA) is 29.9 Å². The van der Waals surface area contributed by atoms with Crippen LogP contribution in [0.2, 0.25) is 0 Å². The fourth-order valence-electron chi connectivity index (χ4n) is 2.06. The van der Waals surface area contributed by atoms with Crippen LogP contribution in [0.15, 0.2) is 6.20 Å². The predicted octanol–water partition coefficient (Wildman–Crippen LogP) is 1.89. The highest BCUT2D eigenvalue weighted by molar-refractivity contribution is 5.08. The standard InChI is InChI=1S/C11H19N3/c1-3-9-8-14-7-5-6-12-10(4-2)11(14)13-9/h8,10,12H,3-7H2,1-2H3/t10-/m0/s1. The summed E-state index contributed by atoms with van der Waals surface area (Å²) in [6, 6.07) is 0.456. The number of nitrogens with zero attached hydrogens (tertiary/aromatic N) is 2. The van der Waals surface area contributed by atoms with E-state index in [4.69, 9.17) is 0 Å². The summed E-state index contributed by atoms with van der Waals surface area (Å²) in [6.07, 6.45) is 5.59. The molecule has 1 atom stereocenters. The number of fused-ring (bicyclic) bond motifs is 1. The van der Waals surface area contributed by atoms with Crippen LogP contribution in [0.4, 0.5) is 0 Å². The van der Waals surface area contributed by atoms with Crippen LogP contribution in [0.5, 0.6) is 0 Å². The Hall–Kier alpha value is -0.830. The van der Waals surface area contributed by atoms with Crippen molar-refractivity contribution in [2.24, 2.45) is 0 Å². The smallest absolute Gasteiger partial charge is 0.126 e. The van der Waals surface area contributed by atoms with Crippen molar-refractivity contribution in [2.75, 3.05) is 6.54 Å². The highest BCUT2D eigenvalue weighted by Gasteiger charge is 2.18. The van der Waals surface area contributed by atoms with Gasteiger partial charge in [0.1, 0.15) is 5.82 Å². The fourth-order valence-corrected chi connectivity index (χ4v) is 2.06. The summed E-state index contributed by atoms with van der Waals surface area (Å²) in [6.45, 7) is 6.61. The minimum absolute atomic E-state index is 0.456. The van der Waals surface area contributed by atoms with Gasteiger partial charge in [-0.05, 0) is 25.8 Å². The Morgan fingerprint density at radius 2 is 2.43 bits per heavy atom. The molecule has 1 aliphatic heterocycles. The molecule has 14 heavy (non-hydrogen) atoms. The van der Waals surface area contributed by atoms with Gasteiger partial charge in [0.15, 0.2) is 0 Å². The molecule has 0 spiro atoms. The molecule has 0 radical (unpaired) electrons. The van der Waals surface area contributed by atoms with Gasteiger partial charge in [0.05, 0.1) is 11.7 Å². The number of hydrogen-bond donors (Lipinski definition) is 1. The van der Waals surface area contributed by atoms with Gasteiger partial charge in [-0.3, -0.25) is 0 Å². The number of aromatic nitrogens is 2.